The van der Waals surface area contributed by atoms with Gasteiger partial charge in [0.15, 0.2) is 0 Å². The van der Waals surface area contributed by atoms with Crippen molar-refractivity contribution in [1.82, 2.24) is 9.62 Å². The van der Waals surface area contributed by atoms with E-state index in [1.165, 1.54) is 36.6 Å². The summed E-state index contributed by atoms with van der Waals surface area (Å²) in [4.78, 5) is 2.60. The third kappa shape index (κ3) is 7.36. The molecule has 4 nitrogen and oxygen atoms in total. The highest BCUT2D eigenvalue weighted by Gasteiger charge is 2.37. The van der Waals surface area contributed by atoms with Crippen molar-refractivity contribution in [2.75, 3.05) is 25.9 Å². The van der Waals surface area contributed by atoms with Gasteiger partial charge in [0.25, 0.3) is 0 Å². The van der Waals surface area contributed by atoms with Crippen LogP contribution in [0.25, 0.3) is 0 Å². The molecule has 3 atom stereocenters. The number of likely N-dealkylation sites (tertiary alicyclic amines) is 1. The third-order valence-corrected chi connectivity index (χ3v) is 8.26. The monoisotopic (exact) mass is 472 g/mol. The van der Waals surface area contributed by atoms with Crippen LogP contribution in [0.3, 0.4) is 0 Å². The molecule has 1 heterocycles. The van der Waals surface area contributed by atoms with Crippen molar-refractivity contribution < 1.29 is 12.8 Å². The molecule has 1 saturated carbocycles. The first kappa shape index (κ1) is 24.4. The summed E-state index contributed by atoms with van der Waals surface area (Å²) in [6.07, 6.45) is 8.93. The maximum absolute atomic E-state index is 13.1. The van der Waals surface area contributed by atoms with Gasteiger partial charge in [-0.05, 0) is 92.6 Å². The standard InChI is InChI=1S/C27H37FN2O2S/c1-33(31,32)29-26-18-24(27(19-26)23-8-3-2-4-9-23)20-30-16-14-22(15-17-30)7-5-6-21-10-12-25(28)13-11-21/h2-4,8-13,22,24,26-27,29H,5-7,14-20H2,1H3. The van der Waals surface area contributed by atoms with Gasteiger partial charge in [0.2, 0.25) is 10.0 Å². The average molecular weight is 473 g/mol. The van der Waals surface area contributed by atoms with Crippen LogP contribution in [0.4, 0.5) is 4.39 Å². The summed E-state index contributed by atoms with van der Waals surface area (Å²) in [6.45, 7) is 3.30. The second-order valence-corrected chi connectivity index (χ2v) is 11.9. The van der Waals surface area contributed by atoms with Gasteiger partial charge in [-0.1, -0.05) is 48.9 Å². The lowest BCUT2D eigenvalue weighted by atomic mass is 9.87. The quantitative estimate of drug-likeness (QED) is 0.560. The molecule has 1 aliphatic heterocycles. The van der Waals surface area contributed by atoms with E-state index in [2.05, 4.69) is 33.9 Å². The van der Waals surface area contributed by atoms with Crippen molar-refractivity contribution in [3.8, 4) is 0 Å². The maximum atomic E-state index is 13.1. The molecule has 1 saturated heterocycles. The smallest absolute Gasteiger partial charge is 0.208 e. The highest BCUT2D eigenvalue weighted by Crippen LogP contribution is 2.41. The van der Waals surface area contributed by atoms with Gasteiger partial charge in [0.05, 0.1) is 6.26 Å². The fourth-order valence-corrected chi connectivity index (χ4v) is 6.67. The number of nitrogens with zero attached hydrogens (tertiary/aromatic N) is 1. The second kappa shape index (κ2) is 11.1. The van der Waals surface area contributed by atoms with Crippen molar-refractivity contribution >= 4 is 10.0 Å². The largest absolute Gasteiger partial charge is 0.303 e. The fraction of sp³-hybridized carbons (Fsp3) is 0.556. The maximum Gasteiger partial charge on any atom is 0.208 e. The van der Waals surface area contributed by atoms with Gasteiger partial charge in [-0.25, -0.2) is 17.5 Å². The lowest BCUT2D eigenvalue weighted by molar-refractivity contribution is 0.151. The summed E-state index contributed by atoms with van der Waals surface area (Å²) in [5.74, 6) is 1.48. The van der Waals surface area contributed by atoms with E-state index in [0.29, 0.717) is 11.8 Å². The molecule has 2 aliphatic rings. The number of rotatable bonds is 9. The lowest BCUT2D eigenvalue weighted by Gasteiger charge is -2.35. The van der Waals surface area contributed by atoms with E-state index in [0.717, 1.165) is 51.2 Å². The molecule has 6 heteroatoms. The number of halogens is 1. The summed E-state index contributed by atoms with van der Waals surface area (Å²) < 4.78 is 39.6. The normalized spacial score (nSPS) is 24.8. The fourth-order valence-electron chi connectivity index (χ4n) is 5.87. The van der Waals surface area contributed by atoms with Crippen LogP contribution in [0.2, 0.25) is 0 Å². The molecule has 2 aromatic rings. The number of benzene rings is 2. The summed E-state index contributed by atoms with van der Waals surface area (Å²) in [7, 11) is -3.19. The van der Waals surface area contributed by atoms with Crippen LogP contribution in [-0.2, 0) is 16.4 Å². The molecule has 0 radical (unpaired) electrons. The first-order chi connectivity index (χ1) is 15.9. The zero-order chi connectivity index (χ0) is 23.3. The Labute approximate surface area is 198 Å². The van der Waals surface area contributed by atoms with Crippen LogP contribution >= 0.6 is 0 Å². The molecule has 2 aromatic carbocycles. The molecule has 1 N–H and O–H groups in total. The molecule has 0 bridgehead atoms. The Hall–Kier alpha value is -1.76. The summed E-state index contributed by atoms with van der Waals surface area (Å²) in [6, 6.07) is 17.5. The first-order valence-electron chi connectivity index (χ1n) is 12.3. The van der Waals surface area contributed by atoms with E-state index in [1.807, 2.05) is 18.2 Å². The van der Waals surface area contributed by atoms with Gasteiger partial charge >= 0.3 is 0 Å². The molecular formula is C27H37FN2O2S. The van der Waals surface area contributed by atoms with Crippen LogP contribution in [0, 0.1) is 17.7 Å². The van der Waals surface area contributed by atoms with E-state index in [1.54, 1.807) is 12.1 Å². The van der Waals surface area contributed by atoms with Gasteiger partial charge in [0.1, 0.15) is 5.82 Å². The topological polar surface area (TPSA) is 49.4 Å². The van der Waals surface area contributed by atoms with Gasteiger partial charge in [-0.2, -0.15) is 0 Å². The van der Waals surface area contributed by atoms with Crippen LogP contribution in [0.15, 0.2) is 54.6 Å². The van der Waals surface area contributed by atoms with Gasteiger partial charge in [0, 0.05) is 12.6 Å². The number of aryl methyl sites for hydroxylation is 1. The number of piperidine rings is 1. The summed E-state index contributed by atoms with van der Waals surface area (Å²) in [5, 5.41) is 0. The number of hydrogen-bond acceptors (Lipinski definition) is 3. The number of sulfonamides is 1. The zero-order valence-corrected chi connectivity index (χ0v) is 20.4. The predicted molar refractivity (Wildman–Crippen MR) is 132 cm³/mol. The Balaban J connectivity index is 1.26. The van der Waals surface area contributed by atoms with Crippen LogP contribution in [0.1, 0.15) is 55.6 Å². The van der Waals surface area contributed by atoms with E-state index >= 15 is 0 Å². The van der Waals surface area contributed by atoms with Crippen LogP contribution < -0.4 is 4.72 Å². The number of hydrogen-bond donors (Lipinski definition) is 1. The van der Waals surface area contributed by atoms with E-state index in [4.69, 9.17) is 0 Å². The molecule has 0 spiro atoms. The SMILES string of the molecule is CS(=O)(=O)NC1CC(CN2CCC(CCCc3ccc(F)cc3)CC2)C(c2ccccc2)C1. The molecular weight excluding hydrogens is 435 g/mol. The first-order valence-corrected chi connectivity index (χ1v) is 14.2. The van der Waals surface area contributed by atoms with Crippen molar-refractivity contribution in [3.05, 3.63) is 71.5 Å². The average Bonchev–Trinajstić information content (AvgIpc) is 3.17. The van der Waals surface area contributed by atoms with Crippen molar-refractivity contribution in [2.45, 2.75) is 56.9 Å². The Morgan fingerprint density at radius 3 is 2.36 bits per heavy atom. The minimum Gasteiger partial charge on any atom is -0.303 e. The van der Waals surface area contributed by atoms with Crippen molar-refractivity contribution in [3.63, 3.8) is 0 Å². The van der Waals surface area contributed by atoms with Gasteiger partial charge in [-0.3, -0.25) is 0 Å². The third-order valence-electron chi connectivity index (χ3n) is 7.49. The molecule has 3 unspecified atom stereocenters. The van der Waals surface area contributed by atoms with Crippen molar-refractivity contribution in [1.29, 1.82) is 0 Å². The molecule has 0 aromatic heterocycles. The van der Waals surface area contributed by atoms with Crippen molar-refractivity contribution in [2.24, 2.45) is 11.8 Å². The molecule has 33 heavy (non-hydrogen) atoms. The summed E-state index contributed by atoms with van der Waals surface area (Å²) in [5.41, 5.74) is 2.55. The van der Waals surface area contributed by atoms with E-state index in [-0.39, 0.29) is 11.9 Å². The second-order valence-electron chi connectivity index (χ2n) is 10.1. The van der Waals surface area contributed by atoms with Crippen LogP contribution in [-0.4, -0.2) is 45.2 Å². The van der Waals surface area contributed by atoms with E-state index in [9.17, 15) is 12.8 Å². The van der Waals surface area contributed by atoms with Gasteiger partial charge in [-0.15, -0.1) is 0 Å². The Morgan fingerprint density at radius 1 is 1.00 bits per heavy atom. The highest BCUT2D eigenvalue weighted by molar-refractivity contribution is 7.88. The Morgan fingerprint density at radius 2 is 1.70 bits per heavy atom. The minimum atomic E-state index is -3.19. The molecule has 4 rings (SSSR count). The Bertz CT molecular complexity index is 973. The Kier molecular flexibility index (Phi) is 8.20. The van der Waals surface area contributed by atoms with Gasteiger partial charge < -0.3 is 4.90 Å². The highest BCUT2D eigenvalue weighted by atomic mass is 32.2. The summed E-state index contributed by atoms with van der Waals surface area (Å²) >= 11 is 0. The molecule has 2 fully saturated rings. The minimum absolute atomic E-state index is 0.0270. The molecule has 180 valence electrons. The zero-order valence-electron chi connectivity index (χ0n) is 19.6. The lowest BCUT2D eigenvalue weighted by Crippen LogP contribution is -2.38. The van der Waals surface area contributed by atoms with Crippen LogP contribution in [0.5, 0.6) is 0 Å². The predicted octanol–water partition coefficient (Wildman–Crippen LogP) is 4.97. The number of nitrogens with one attached hydrogen (secondary N) is 1. The molecule has 1 aliphatic carbocycles. The van der Waals surface area contributed by atoms with E-state index < -0.39 is 10.0 Å². The molecule has 0 amide bonds.